The van der Waals surface area contributed by atoms with Gasteiger partial charge in [0.1, 0.15) is 0 Å². The molecule has 0 heterocycles. The van der Waals surface area contributed by atoms with Gasteiger partial charge < -0.3 is 10.0 Å². The molecule has 0 radical (unpaired) electrons. The Hall–Kier alpha value is -0.0700. The van der Waals surface area contributed by atoms with E-state index in [1.165, 1.54) is 11.0 Å². The van der Waals surface area contributed by atoms with Crippen molar-refractivity contribution in [1.82, 2.24) is 9.62 Å². The molecule has 84 valence electrons. The fraction of sp³-hybridized carbons (Fsp3) is 0.875. The smallest absolute Gasteiger partial charge is 0.415 e. The van der Waals surface area contributed by atoms with Crippen LogP contribution in [-0.2, 0) is 0 Å². The first kappa shape index (κ1) is 13.9. The van der Waals surface area contributed by atoms with Gasteiger partial charge in [0, 0.05) is 16.7 Å². The van der Waals surface area contributed by atoms with E-state index in [0.29, 0.717) is 0 Å². The number of carboxylic acid groups (broad SMARTS) is 1. The van der Waals surface area contributed by atoms with Crippen molar-refractivity contribution in [3.05, 3.63) is 0 Å². The molecule has 0 unspecified atom stereocenters. The molecule has 0 aliphatic carbocycles. The summed E-state index contributed by atoms with van der Waals surface area (Å²) in [4.78, 5) is 12.4. The molecule has 0 aromatic rings. The number of nitrogens with one attached hydrogen (secondary N) is 1. The van der Waals surface area contributed by atoms with Gasteiger partial charge in [0.15, 0.2) is 0 Å². The van der Waals surface area contributed by atoms with Gasteiger partial charge in [-0.15, -0.1) is 0 Å². The van der Waals surface area contributed by atoms with Crippen LogP contribution in [0, 0.1) is 0 Å². The average molecular weight is 238 g/mol. The highest BCUT2D eigenvalue weighted by Gasteiger charge is 1.99. The van der Waals surface area contributed by atoms with Crippen molar-refractivity contribution in [3.8, 4) is 0 Å². The van der Waals surface area contributed by atoms with Crippen LogP contribution < -0.4 is 4.72 Å². The van der Waals surface area contributed by atoms with E-state index in [4.69, 9.17) is 5.11 Å². The molecule has 0 spiro atoms. The minimum atomic E-state index is -0.980. The molecule has 0 bridgehead atoms. The second kappa shape index (κ2) is 9.48. The second-order valence-electron chi connectivity index (χ2n) is 2.69. The van der Waals surface area contributed by atoms with E-state index in [1.807, 2.05) is 0 Å². The lowest BCUT2D eigenvalue weighted by molar-refractivity contribution is 0.202. The molecule has 0 aliphatic heterocycles. The predicted octanol–water partition coefficient (Wildman–Crippen LogP) is 2.28. The second-order valence-corrected chi connectivity index (χ2v) is 4.91. The molecule has 0 saturated heterocycles. The van der Waals surface area contributed by atoms with Crippen molar-refractivity contribution < 1.29 is 9.90 Å². The minimum Gasteiger partial charge on any atom is -0.464 e. The minimum absolute atomic E-state index is 0.974. The summed E-state index contributed by atoms with van der Waals surface area (Å²) < 4.78 is 2.24. The van der Waals surface area contributed by atoms with Crippen LogP contribution in [0.15, 0.2) is 0 Å². The van der Waals surface area contributed by atoms with Crippen LogP contribution in [0.5, 0.6) is 0 Å². The molecule has 4 nitrogen and oxygen atoms in total. The van der Waals surface area contributed by atoms with E-state index in [-0.39, 0.29) is 0 Å². The van der Waals surface area contributed by atoms with Crippen LogP contribution in [0.2, 0.25) is 0 Å². The summed E-state index contributed by atoms with van der Waals surface area (Å²) in [7, 11) is 2.72. The van der Waals surface area contributed by atoms with Crippen LogP contribution in [-0.4, -0.2) is 41.5 Å². The van der Waals surface area contributed by atoms with Gasteiger partial charge in [-0.05, 0) is 26.1 Å². The Morgan fingerprint density at radius 1 is 1.43 bits per heavy atom. The zero-order valence-corrected chi connectivity index (χ0v) is 10.3. The van der Waals surface area contributed by atoms with E-state index in [2.05, 4.69) is 23.5 Å². The molecule has 14 heavy (non-hydrogen) atoms. The van der Waals surface area contributed by atoms with E-state index >= 15 is 0 Å². The molecular weight excluding hydrogens is 220 g/mol. The standard InChI is InChI=1S/C8H18N2O2S2/c1-3-10(4-2)6-5-7-13-14-9-8(11)12/h9H,3-7H2,1-2H3,(H,11,12). The lowest BCUT2D eigenvalue weighted by atomic mass is 10.4. The summed E-state index contributed by atoms with van der Waals surface area (Å²) in [6, 6.07) is 0. The highest BCUT2D eigenvalue weighted by molar-refractivity contribution is 8.76. The fourth-order valence-corrected chi connectivity index (χ4v) is 2.45. The Morgan fingerprint density at radius 2 is 2.07 bits per heavy atom. The third-order valence-electron chi connectivity index (χ3n) is 1.78. The zero-order chi connectivity index (χ0) is 10.8. The molecule has 0 aliphatic rings. The highest BCUT2D eigenvalue weighted by atomic mass is 33.1. The van der Waals surface area contributed by atoms with Gasteiger partial charge in [0.05, 0.1) is 0 Å². The van der Waals surface area contributed by atoms with E-state index < -0.39 is 6.09 Å². The molecule has 6 heteroatoms. The average Bonchev–Trinajstić information content (AvgIpc) is 2.16. The maximum absolute atomic E-state index is 10.1. The van der Waals surface area contributed by atoms with Gasteiger partial charge in [-0.1, -0.05) is 24.6 Å². The first-order valence-electron chi connectivity index (χ1n) is 4.70. The SMILES string of the molecule is CCN(CC)CCCSSNC(=O)O. The highest BCUT2D eigenvalue weighted by Crippen LogP contribution is 2.17. The molecule has 0 fully saturated rings. The Kier molecular flexibility index (Phi) is 9.44. The van der Waals surface area contributed by atoms with Crippen molar-refractivity contribution in [2.24, 2.45) is 0 Å². The zero-order valence-electron chi connectivity index (χ0n) is 8.65. The van der Waals surface area contributed by atoms with Gasteiger partial charge in [-0.2, -0.15) is 0 Å². The quantitative estimate of drug-likeness (QED) is 0.386. The largest absolute Gasteiger partial charge is 0.464 e. The van der Waals surface area contributed by atoms with Gasteiger partial charge in [0.2, 0.25) is 0 Å². The number of amides is 1. The van der Waals surface area contributed by atoms with Crippen LogP contribution in [0.25, 0.3) is 0 Å². The molecule has 2 N–H and O–H groups in total. The third kappa shape index (κ3) is 8.52. The lowest BCUT2D eigenvalue weighted by Gasteiger charge is -2.17. The van der Waals surface area contributed by atoms with Gasteiger partial charge in [-0.25, -0.2) is 4.79 Å². The number of hydrogen-bond acceptors (Lipinski definition) is 4. The number of nitrogens with zero attached hydrogens (tertiary/aromatic N) is 1. The maximum Gasteiger partial charge on any atom is 0.415 e. The number of carbonyl (C=O) groups is 1. The maximum atomic E-state index is 10.1. The Labute approximate surface area is 93.3 Å². The summed E-state index contributed by atoms with van der Waals surface area (Å²) in [5.74, 6) is 0.974. The van der Waals surface area contributed by atoms with Crippen molar-refractivity contribution >= 4 is 27.9 Å². The van der Waals surface area contributed by atoms with Crippen molar-refractivity contribution in [2.75, 3.05) is 25.4 Å². The molecule has 1 amide bonds. The van der Waals surface area contributed by atoms with Crippen LogP contribution in [0.1, 0.15) is 20.3 Å². The normalized spacial score (nSPS) is 10.5. The number of rotatable bonds is 8. The third-order valence-corrected chi connectivity index (χ3v) is 3.72. The first-order valence-corrected chi connectivity index (χ1v) is 7.02. The van der Waals surface area contributed by atoms with Gasteiger partial charge >= 0.3 is 6.09 Å². The van der Waals surface area contributed by atoms with Crippen LogP contribution in [0.3, 0.4) is 0 Å². The van der Waals surface area contributed by atoms with Crippen LogP contribution >= 0.6 is 21.8 Å². The Bertz CT molecular complexity index is 154. The monoisotopic (exact) mass is 238 g/mol. The Morgan fingerprint density at radius 3 is 2.57 bits per heavy atom. The predicted molar refractivity (Wildman–Crippen MR) is 63.6 cm³/mol. The van der Waals surface area contributed by atoms with E-state index in [9.17, 15) is 4.79 Å². The van der Waals surface area contributed by atoms with Gasteiger partial charge in [-0.3, -0.25) is 4.72 Å². The molecule has 0 atom stereocenters. The summed E-state index contributed by atoms with van der Waals surface area (Å²) in [6.45, 7) is 7.56. The summed E-state index contributed by atoms with van der Waals surface area (Å²) in [6.07, 6.45) is 0.118. The van der Waals surface area contributed by atoms with Crippen molar-refractivity contribution in [1.29, 1.82) is 0 Å². The topological polar surface area (TPSA) is 52.6 Å². The van der Waals surface area contributed by atoms with E-state index in [0.717, 1.165) is 31.8 Å². The summed E-state index contributed by atoms with van der Waals surface area (Å²) >= 11 is 0. The summed E-state index contributed by atoms with van der Waals surface area (Å²) in [5, 5.41) is 8.28. The lowest BCUT2D eigenvalue weighted by Crippen LogP contribution is -2.24. The van der Waals surface area contributed by atoms with Gasteiger partial charge in [0.25, 0.3) is 0 Å². The molecule has 0 saturated carbocycles. The van der Waals surface area contributed by atoms with Crippen LogP contribution in [0.4, 0.5) is 4.79 Å². The van der Waals surface area contributed by atoms with Crippen molar-refractivity contribution in [3.63, 3.8) is 0 Å². The molecular formula is C8H18N2O2S2. The Balaban J connectivity index is 3.16. The van der Waals surface area contributed by atoms with E-state index in [1.54, 1.807) is 10.8 Å². The molecule has 0 aromatic heterocycles. The fourth-order valence-electron chi connectivity index (χ4n) is 0.994. The van der Waals surface area contributed by atoms with Crippen molar-refractivity contribution in [2.45, 2.75) is 20.3 Å². The molecule has 0 rings (SSSR count). The summed E-state index contributed by atoms with van der Waals surface area (Å²) in [5.41, 5.74) is 0. The molecule has 0 aromatic carbocycles. The first-order chi connectivity index (χ1) is 6.70. The number of hydrogen-bond donors (Lipinski definition) is 2.